The molecule has 0 amide bonds. The lowest BCUT2D eigenvalue weighted by molar-refractivity contribution is 0.410. The second-order valence-corrected chi connectivity index (χ2v) is 2.55. The minimum atomic E-state index is -0.138. The third-order valence-electron chi connectivity index (χ3n) is 1.35. The van der Waals surface area contributed by atoms with E-state index in [9.17, 15) is 5.11 Å². The Bertz CT molecular complexity index is 283. The molecule has 0 aromatic rings. The van der Waals surface area contributed by atoms with Gasteiger partial charge in [0.05, 0.1) is 5.76 Å². The summed E-state index contributed by atoms with van der Waals surface area (Å²) in [6.45, 7) is 3.33. The van der Waals surface area contributed by atoms with Crippen LogP contribution in [0.1, 0.15) is 13.8 Å². The predicted molar refractivity (Wildman–Crippen MR) is 54.3 cm³/mol. The Morgan fingerprint density at radius 1 is 1.38 bits per heavy atom. The van der Waals surface area contributed by atoms with Crippen molar-refractivity contribution < 1.29 is 5.11 Å². The van der Waals surface area contributed by atoms with Gasteiger partial charge in [0.2, 0.25) is 0 Å². The van der Waals surface area contributed by atoms with Gasteiger partial charge in [-0.05, 0) is 13.8 Å². The van der Waals surface area contributed by atoms with Crippen molar-refractivity contribution in [1.29, 1.82) is 5.41 Å². The zero-order valence-electron chi connectivity index (χ0n) is 7.83. The lowest BCUT2D eigenvalue weighted by Gasteiger charge is -2.03. The first kappa shape index (κ1) is 11.3. The summed E-state index contributed by atoms with van der Waals surface area (Å²) in [6.07, 6.45) is 4.69. The van der Waals surface area contributed by atoms with Gasteiger partial charge >= 0.3 is 0 Å². The van der Waals surface area contributed by atoms with Crippen LogP contribution < -0.4 is 11.5 Å². The maximum Gasteiger partial charge on any atom is 0.117 e. The second kappa shape index (κ2) is 5.03. The number of nitrogens with one attached hydrogen (secondary N) is 1. The Kier molecular flexibility index (Phi) is 4.37. The fraction of sp³-hybridized carbons (Fsp3) is 0.222. The standard InChI is InChI=1S/C9H15N3O/c1-3-4-7(6(2)13)8(10)5-9(11)12/h3-5,13H,10H2,1-2H3,(H3,11,12)/b4-3-,7-6?,8-5?. The Morgan fingerprint density at radius 3 is 2.23 bits per heavy atom. The van der Waals surface area contributed by atoms with Crippen LogP contribution in [0.2, 0.25) is 0 Å². The molecule has 0 unspecified atom stereocenters. The third-order valence-corrected chi connectivity index (χ3v) is 1.35. The Labute approximate surface area is 77.7 Å². The number of rotatable bonds is 3. The number of allylic oxidation sites excluding steroid dienone is 3. The van der Waals surface area contributed by atoms with E-state index in [0.29, 0.717) is 5.57 Å². The van der Waals surface area contributed by atoms with E-state index in [4.69, 9.17) is 16.9 Å². The van der Waals surface area contributed by atoms with Gasteiger partial charge in [0.25, 0.3) is 0 Å². The van der Waals surface area contributed by atoms with E-state index < -0.39 is 0 Å². The van der Waals surface area contributed by atoms with Crippen molar-refractivity contribution >= 4 is 5.84 Å². The predicted octanol–water partition coefficient (Wildman–Crippen LogP) is 1.17. The van der Waals surface area contributed by atoms with Gasteiger partial charge < -0.3 is 16.6 Å². The van der Waals surface area contributed by atoms with Crippen molar-refractivity contribution in [3.63, 3.8) is 0 Å². The molecule has 0 saturated carbocycles. The van der Waals surface area contributed by atoms with E-state index in [1.165, 1.54) is 13.0 Å². The highest BCUT2D eigenvalue weighted by atomic mass is 16.3. The highest BCUT2D eigenvalue weighted by Crippen LogP contribution is 2.09. The SMILES string of the molecule is C/C=C\C(C(N)=CC(=N)N)=C(C)O. The number of aliphatic hydroxyl groups is 1. The summed E-state index contributed by atoms with van der Waals surface area (Å²) >= 11 is 0. The summed E-state index contributed by atoms with van der Waals surface area (Å²) in [4.78, 5) is 0. The number of hydrogen-bond acceptors (Lipinski definition) is 3. The van der Waals surface area contributed by atoms with E-state index in [-0.39, 0.29) is 17.3 Å². The fourth-order valence-corrected chi connectivity index (χ4v) is 0.838. The van der Waals surface area contributed by atoms with Gasteiger partial charge in [-0.2, -0.15) is 0 Å². The van der Waals surface area contributed by atoms with Crippen molar-refractivity contribution in [3.8, 4) is 0 Å². The number of aliphatic hydroxyl groups excluding tert-OH is 1. The van der Waals surface area contributed by atoms with Crippen LogP contribution in [-0.2, 0) is 0 Å². The minimum Gasteiger partial charge on any atom is -0.512 e. The van der Waals surface area contributed by atoms with Crippen LogP contribution >= 0.6 is 0 Å². The highest BCUT2D eigenvalue weighted by molar-refractivity contribution is 5.89. The summed E-state index contributed by atoms with van der Waals surface area (Å²) in [5.74, 6) is -0.0335. The minimum absolute atomic E-state index is 0.105. The maximum absolute atomic E-state index is 9.22. The monoisotopic (exact) mass is 181 g/mol. The van der Waals surface area contributed by atoms with Gasteiger partial charge in [0.1, 0.15) is 5.84 Å². The first-order chi connectivity index (χ1) is 5.99. The van der Waals surface area contributed by atoms with E-state index in [2.05, 4.69) is 0 Å². The lowest BCUT2D eigenvalue weighted by Crippen LogP contribution is -2.11. The molecule has 0 aliphatic heterocycles. The van der Waals surface area contributed by atoms with Crippen LogP contribution in [-0.4, -0.2) is 10.9 Å². The summed E-state index contributed by atoms with van der Waals surface area (Å²) < 4.78 is 0. The molecule has 0 aromatic heterocycles. The van der Waals surface area contributed by atoms with Crippen LogP contribution in [0.3, 0.4) is 0 Å². The van der Waals surface area contributed by atoms with Gasteiger partial charge in [-0.25, -0.2) is 0 Å². The normalized spacial score (nSPS) is 14.5. The molecule has 0 atom stereocenters. The molecule has 0 radical (unpaired) electrons. The molecule has 6 N–H and O–H groups in total. The van der Waals surface area contributed by atoms with Gasteiger partial charge in [-0.15, -0.1) is 0 Å². The molecule has 72 valence electrons. The summed E-state index contributed by atoms with van der Waals surface area (Å²) in [5.41, 5.74) is 11.5. The molecular weight excluding hydrogens is 166 g/mol. The Balaban J connectivity index is 5.00. The van der Waals surface area contributed by atoms with Crippen LogP contribution in [0.25, 0.3) is 0 Å². The van der Waals surface area contributed by atoms with E-state index in [1.54, 1.807) is 12.2 Å². The summed E-state index contributed by atoms with van der Waals surface area (Å²) in [6, 6.07) is 0. The van der Waals surface area contributed by atoms with E-state index in [1.807, 2.05) is 6.92 Å². The number of amidine groups is 1. The van der Waals surface area contributed by atoms with Crippen molar-refractivity contribution in [3.05, 3.63) is 35.3 Å². The molecule has 0 fully saturated rings. The first-order valence-electron chi connectivity index (χ1n) is 3.83. The fourth-order valence-electron chi connectivity index (χ4n) is 0.838. The van der Waals surface area contributed by atoms with Gasteiger partial charge in [0.15, 0.2) is 0 Å². The third kappa shape index (κ3) is 4.00. The van der Waals surface area contributed by atoms with Crippen LogP contribution in [0.4, 0.5) is 0 Å². The molecule has 0 saturated heterocycles. The van der Waals surface area contributed by atoms with Gasteiger partial charge in [0, 0.05) is 17.3 Å². The molecule has 0 aliphatic rings. The molecule has 0 bridgehead atoms. The Morgan fingerprint density at radius 2 is 1.92 bits per heavy atom. The average Bonchev–Trinajstić information content (AvgIpc) is 1.97. The van der Waals surface area contributed by atoms with Crippen molar-refractivity contribution in [1.82, 2.24) is 0 Å². The zero-order chi connectivity index (χ0) is 10.4. The largest absolute Gasteiger partial charge is 0.512 e. The van der Waals surface area contributed by atoms with Crippen LogP contribution in [0.15, 0.2) is 35.3 Å². The molecular formula is C9H15N3O. The topological polar surface area (TPSA) is 96.1 Å². The van der Waals surface area contributed by atoms with Crippen LogP contribution in [0.5, 0.6) is 0 Å². The number of hydrogen-bond donors (Lipinski definition) is 4. The van der Waals surface area contributed by atoms with E-state index in [0.717, 1.165) is 0 Å². The molecule has 0 spiro atoms. The van der Waals surface area contributed by atoms with Gasteiger partial charge in [-0.3, -0.25) is 5.41 Å². The smallest absolute Gasteiger partial charge is 0.117 e. The van der Waals surface area contributed by atoms with E-state index >= 15 is 0 Å². The van der Waals surface area contributed by atoms with Crippen LogP contribution in [0, 0.1) is 5.41 Å². The van der Waals surface area contributed by atoms with Crippen molar-refractivity contribution in [2.75, 3.05) is 0 Å². The summed E-state index contributed by atoms with van der Waals surface area (Å²) in [7, 11) is 0. The quantitative estimate of drug-likeness (QED) is 0.228. The molecule has 13 heavy (non-hydrogen) atoms. The summed E-state index contributed by atoms with van der Waals surface area (Å²) in [5, 5.41) is 16.2. The second-order valence-electron chi connectivity index (χ2n) is 2.55. The maximum atomic E-state index is 9.22. The average molecular weight is 181 g/mol. The van der Waals surface area contributed by atoms with Crippen molar-refractivity contribution in [2.45, 2.75) is 13.8 Å². The number of nitrogens with two attached hydrogens (primary N) is 2. The highest BCUT2D eigenvalue weighted by Gasteiger charge is 2.01. The molecule has 0 aliphatic carbocycles. The van der Waals surface area contributed by atoms with Crippen molar-refractivity contribution in [2.24, 2.45) is 11.5 Å². The molecule has 4 nitrogen and oxygen atoms in total. The Hall–Kier alpha value is -1.71. The zero-order valence-corrected chi connectivity index (χ0v) is 7.83. The molecule has 0 rings (SSSR count). The molecule has 0 heterocycles. The first-order valence-corrected chi connectivity index (χ1v) is 3.83. The lowest BCUT2D eigenvalue weighted by atomic mass is 10.1. The molecule has 4 heteroatoms. The van der Waals surface area contributed by atoms with Gasteiger partial charge in [-0.1, -0.05) is 12.2 Å². The molecule has 0 aromatic carbocycles.